The number of hydrogen-bond donors (Lipinski definition) is 3. The van der Waals surface area contributed by atoms with Crippen LogP contribution in [0, 0.1) is 0 Å². The molecule has 0 amide bonds. The van der Waals surface area contributed by atoms with Gasteiger partial charge in [0.2, 0.25) is 11.9 Å². The van der Waals surface area contributed by atoms with Crippen molar-refractivity contribution in [3.05, 3.63) is 0 Å². The first-order valence-corrected chi connectivity index (χ1v) is 6.98. The van der Waals surface area contributed by atoms with Gasteiger partial charge in [-0.15, -0.1) is 0 Å². The van der Waals surface area contributed by atoms with Crippen molar-refractivity contribution < 1.29 is 9.47 Å². The molecular formula is C12H22N6O2. The lowest BCUT2D eigenvalue weighted by molar-refractivity contribution is 0.00284. The Morgan fingerprint density at radius 1 is 1.20 bits per heavy atom. The van der Waals surface area contributed by atoms with Crippen molar-refractivity contribution >= 4 is 11.9 Å². The molecule has 8 nitrogen and oxygen atoms in total. The van der Waals surface area contributed by atoms with E-state index in [-0.39, 0.29) is 12.0 Å². The van der Waals surface area contributed by atoms with E-state index in [1.54, 1.807) is 0 Å². The van der Waals surface area contributed by atoms with Crippen LogP contribution in [0.4, 0.5) is 11.9 Å². The third kappa shape index (κ3) is 3.91. The summed E-state index contributed by atoms with van der Waals surface area (Å²) in [5, 5.41) is 3.24. The van der Waals surface area contributed by atoms with Crippen LogP contribution in [0.3, 0.4) is 0 Å². The SMILES string of the molecule is CCCOc1nc(NN)nc(NC2CC(OCC)C2)n1. The molecule has 1 aromatic heterocycles. The van der Waals surface area contributed by atoms with Gasteiger partial charge in [-0.05, 0) is 26.2 Å². The van der Waals surface area contributed by atoms with Gasteiger partial charge in [-0.25, -0.2) is 5.84 Å². The average Bonchev–Trinajstić information content (AvgIpc) is 2.42. The first-order valence-electron chi connectivity index (χ1n) is 6.98. The number of hydrogen-bond acceptors (Lipinski definition) is 8. The maximum Gasteiger partial charge on any atom is 0.323 e. The average molecular weight is 282 g/mol. The number of anilines is 2. The van der Waals surface area contributed by atoms with Gasteiger partial charge in [-0.2, -0.15) is 15.0 Å². The molecule has 0 saturated heterocycles. The van der Waals surface area contributed by atoms with Gasteiger partial charge in [-0.1, -0.05) is 6.92 Å². The normalized spacial score (nSPS) is 21.1. The number of rotatable bonds is 8. The number of nitrogen functional groups attached to an aromatic ring is 1. The van der Waals surface area contributed by atoms with Crippen LogP contribution in [0.1, 0.15) is 33.1 Å². The third-order valence-corrected chi connectivity index (χ3v) is 3.01. The van der Waals surface area contributed by atoms with Gasteiger partial charge < -0.3 is 14.8 Å². The van der Waals surface area contributed by atoms with Gasteiger partial charge in [-0.3, -0.25) is 5.43 Å². The zero-order valence-electron chi connectivity index (χ0n) is 11.9. The highest BCUT2D eigenvalue weighted by Crippen LogP contribution is 2.26. The molecule has 0 bridgehead atoms. The number of ether oxygens (including phenoxy) is 2. The number of aromatic nitrogens is 3. The fraction of sp³-hybridized carbons (Fsp3) is 0.750. The van der Waals surface area contributed by atoms with Crippen LogP contribution in [0.15, 0.2) is 0 Å². The Hall–Kier alpha value is -1.67. The number of nitrogens with zero attached hydrogens (tertiary/aromatic N) is 3. The Morgan fingerprint density at radius 3 is 2.60 bits per heavy atom. The van der Waals surface area contributed by atoms with Gasteiger partial charge in [0, 0.05) is 12.6 Å². The van der Waals surface area contributed by atoms with Crippen LogP contribution >= 0.6 is 0 Å². The predicted molar refractivity (Wildman–Crippen MR) is 75.5 cm³/mol. The van der Waals surface area contributed by atoms with Crippen molar-refractivity contribution in [2.75, 3.05) is 24.0 Å². The summed E-state index contributed by atoms with van der Waals surface area (Å²) in [5.41, 5.74) is 2.42. The fourth-order valence-electron chi connectivity index (χ4n) is 1.98. The van der Waals surface area contributed by atoms with Crippen molar-refractivity contribution in [2.45, 2.75) is 45.3 Å². The van der Waals surface area contributed by atoms with E-state index in [1.165, 1.54) is 0 Å². The van der Waals surface area contributed by atoms with Crippen LogP contribution in [0.2, 0.25) is 0 Å². The highest BCUT2D eigenvalue weighted by Gasteiger charge is 2.30. The monoisotopic (exact) mass is 282 g/mol. The molecule has 1 aliphatic carbocycles. The lowest BCUT2D eigenvalue weighted by atomic mass is 9.89. The minimum Gasteiger partial charge on any atom is -0.463 e. The summed E-state index contributed by atoms with van der Waals surface area (Å²) >= 11 is 0. The van der Waals surface area contributed by atoms with E-state index in [4.69, 9.17) is 15.3 Å². The van der Waals surface area contributed by atoms with Crippen LogP contribution in [-0.2, 0) is 4.74 Å². The predicted octanol–water partition coefficient (Wildman–Crippen LogP) is 0.925. The molecule has 8 heteroatoms. The first kappa shape index (κ1) is 14.7. The molecule has 0 radical (unpaired) electrons. The minimum atomic E-state index is 0.276. The van der Waals surface area contributed by atoms with Crippen molar-refractivity contribution in [3.8, 4) is 6.01 Å². The molecule has 1 aliphatic rings. The first-order chi connectivity index (χ1) is 9.75. The van der Waals surface area contributed by atoms with E-state index >= 15 is 0 Å². The minimum absolute atomic E-state index is 0.276. The quantitative estimate of drug-likeness (QED) is 0.477. The van der Waals surface area contributed by atoms with Crippen molar-refractivity contribution in [2.24, 2.45) is 5.84 Å². The standard InChI is InChI=1S/C12H22N6O2/c1-3-5-20-12-16-10(15-11(17-12)18-13)14-8-6-9(7-8)19-4-2/h8-9H,3-7,13H2,1-2H3,(H2,14,15,16,17,18). The van der Waals surface area contributed by atoms with Crippen molar-refractivity contribution in [3.63, 3.8) is 0 Å². The van der Waals surface area contributed by atoms with Gasteiger partial charge in [0.25, 0.3) is 0 Å². The summed E-state index contributed by atoms with van der Waals surface area (Å²) in [7, 11) is 0. The van der Waals surface area contributed by atoms with Crippen LogP contribution in [0.5, 0.6) is 6.01 Å². The Kier molecular flexibility index (Phi) is 5.31. The maximum atomic E-state index is 5.52. The second-order valence-corrected chi connectivity index (χ2v) is 4.65. The summed E-state index contributed by atoms with van der Waals surface area (Å²) in [4.78, 5) is 12.4. The highest BCUT2D eigenvalue weighted by atomic mass is 16.5. The second-order valence-electron chi connectivity index (χ2n) is 4.65. The van der Waals surface area contributed by atoms with Gasteiger partial charge in [0.05, 0.1) is 12.7 Å². The summed E-state index contributed by atoms with van der Waals surface area (Å²) in [6.45, 7) is 5.33. The smallest absolute Gasteiger partial charge is 0.323 e. The molecule has 0 aliphatic heterocycles. The Morgan fingerprint density at radius 2 is 1.95 bits per heavy atom. The molecule has 2 rings (SSSR count). The summed E-state index contributed by atoms with van der Waals surface area (Å²) in [6, 6.07) is 0.594. The maximum absolute atomic E-state index is 5.52. The van der Waals surface area contributed by atoms with Crippen LogP contribution in [0.25, 0.3) is 0 Å². The summed E-state index contributed by atoms with van der Waals surface area (Å²) < 4.78 is 10.9. The zero-order chi connectivity index (χ0) is 14.4. The molecule has 1 aromatic rings. The topological polar surface area (TPSA) is 107 Å². The van der Waals surface area contributed by atoms with Crippen LogP contribution < -0.4 is 21.3 Å². The van der Waals surface area contributed by atoms with E-state index in [2.05, 4.69) is 25.7 Å². The Balaban J connectivity index is 1.93. The third-order valence-electron chi connectivity index (χ3n) is 3.01. The number of hydrazine groups is 1. The summed E-state index contributed by atoms with van der Waals surface area (Å²) in [5.74, 6) is 6.11. The van der Waals surface area contributed by atoms with E-state index in [1.807, 2.05) is 13.8 Å². The molecule has 20 heavy (non-hydrogen) atoms. The van der Waals surface area contributed by atoms with E-state index in [9.17, 15) is 0 Å². The number of nitrogens with one attached hydrogen (secondary N) is 2. The molecule has 0 unspecified atom stereocenters. The molecule has 0 atom stereocenters. The largest absolute Gasteiger partial charge is 0.463 e. The molecule has 112 valence electrons. The van der Waals surface area contributed by atoms with Gasteiger partial charge >= 0.3 is 6.01 Å². The molecule has 4 N–H and O–H groups in total. The number of nitrogens with two attached hydrogens (primary N) is 1. The van der Waals surface area contributed by atoms with Gasteiger partial charge in [0.1, 0.15) is 0 Å². The molecule has 1 heterocycles. The van der Waals surface area contributed by atoms with Crippen molar-refractivity contribution in [1.29, 1.82) is 0 Å². The van der Waals surface area contributed by atoms with E-state index in [0.29, 0.717) is 24.7 Å². The van der Waals surface area contributed by atoms with E-state index < -0.39 is 0 Å². The lowest BCUT2D eigenvalue weighted by Gasteiger charge is -2.35. The summed E-state index contributed by atoms with van der Waals surface area (Å²) in [6.07, 6.45) is 3.13. The molecular weight excluding hydrogens is 260 g/mol. The fourth-order valence-corrected chi connectivity index (χ4v) is 1.98. The van der Waals surface area contributed by atoms with Gasteiger partial charge in [0.15, 0.2) is 0 Å². The molecule has 0 aromatic carbocycles. The lowest BCUT2D eigenvalue weighted by Crippen LogP contribution is -2.41. The Labute approximate surface area is 118 Å². The van der Waals surface area contributed by atoms with E-state index in [0.717, 1.165) is 25.9 Å². The Bertz CT molecular complexity index is 424. The molecule has 0 spiro atoms. The highest BCUT2D eigenvalue weighted by molar-refractivity contribution is 5.36. The second kappa shape index (κ2) is 7.20. The molecule has 1 fully saturated rings. The molecule has 1 saturated carbocycles. The van der Waals surface area contributed by atoms with Crippen molar-refractivity contribution in [1.82, 2.24) is 15.0 Å². The zero-order valence-corrected chi connectivity index (χ0v) is 11.9. The van der Waals surface area contributed by atoms with Crippen LogP contribution in [-0.4, -0.2) is 40.3 Å².